The monoisotopic (exact) mass is 375 g/mol. The lowest BCUT2D eigenvalue weighted by Gasteiger charge is -2.08. The Balaban J connectivity index is 1.64. The first-order valence-corrected chi connectivity index (χ1v) is 10.4. The summed E-state index contributed by atoms with van der Waals surface area (Å²) in [5.41, 5.74) is 1.60. The van der Waals surface area contributed by atoms with Crippen LogP contribution in [0.2, 0.25) is 0 Å². The van der Waals surface area contributed by atoms with Crippen LogP contribution in [-0.4, -0.2) is 17.3 Å². The van der Waals surface area contributed by atoms with Crippen LogP contribution >= 0.6 is 34.4 Å². The SMILES string of the molecule is CSc1ccccc1C(=O)NCc1ccc(C(O)c2ccsc2)s1. The second kappa shape index (κ2) is 7.98. The molecule has 2 heterocycles. The van der Waals surface area contributed by atoms with Gasteiger partial charge in [0.25, 0.3) is 5.91 Å². The molecule has 3 rings (SSSR count). The largest absolute Gasteiger partial charge is 0.383 e. The number of benzene rings is 1. The number of aliphatic hydroxyl groups excluding tert-OH is 1. The van der Waals surface area contributed by atoms with Gasteiger partial charge < -0.3 is 10.4 Å². The van der Waals surface area contributed by atoms with Gasteiger partial charge in [-0.15, -0.1) is 23.1 Å². The summed E-state index contributed by atoms with van der Waals surface area (Å²) < 4.78 is 0. The molecule has 0 aliphatic heterocycles. The minimum Gasteiger partial charge on any atom is -0.383 e. The van der Waals surface area contributed by atoms with Crippen molar-refractivity contribution in [2.45, 2.75) is 17.5 Å². The Kier molecular flexibility index (Phi) is 5.73. The minimum atomic E-state index is -0.595. The standard InChI is InChI=1S/C18H17NO2S3/c1-22-15-5-3-2-4-14(15)18(21)19-10-13-6-7-16(24-13)17(20)12-8-9-23-11-12/h2-9,11,17,20H,10H2,1H3,(H,19,21). The molecule has 2 aromatic heterocycles. The summed E-state index contributed by atoms with van der Waals surface area (Å²) in [6.45, 7) is 0.461. The number of hydrogen-bond acceptors (Lipinski definition) is 5. The van der Waals surface area contributed by atoms with Crippen LogP contribution < -0.4 is 5.32 Å². The van der Waals surface area contributed by atoms with Crippen molar-refractivity contribution in [3.63, 3.8) is 0 Å². The van der Waals surface area contributed by atoms with Crippen molar-refractivity contribution in [2.75, 3.05) is 6.26 Å². The predicted molar refractivity (Wildman–Crippen MR) is 102 cm³/mol. The summed E-state index contributed by atoms with van der Waals surface area (Å²) in [6.07, 6.45) is 1.37. The highest BCUT2D eigenvalue weighted by Gasteiger charge is 2.14. The molecule has 0 radical (unpaired) electrons. The van der Waals surface area contributed by atoms with Crippen molar-refractivity contribution in [3.05, 3.63) is 74.1 Å². The van der Waals surface area contributed by atoms with Crippen molar-refractivity contribution in [1.29, 1.82) is 0 Å². The summed E-state index contributed by atoms with van der Waals surface area (Å²) >= 11 is 4.65. The maximum Gasteiger partial charge on any atom is 0.252 e. The molecule has 0 aliphatic rings. The minimum absolute atomic E-state index is 0.0757. The molecule has 0 bridgehead atoms. The summed E-state index contributed by atoms with van der Waals surface area (Å²) in [7, 11) is 0. The van der Waals surface area contributed by atoms with Crippen molar-refractivity contribution < 1.29 is 9.90 Å². The Morgan fingerprint density at radius 2 is 2.08 bits per heavy atom. The molecular formula is C18H17NO2S3. The van der Waals surface area contributed by atoms with Crippen LogP contribution in [0.1, 0.15) is 31.8 Å². The Morgan fingerprint density at radius 1 is 1.25 bits per heavy atom. The highest BCUT2D eigenvalue weighted by Crippen LogP contribution is 2.29. The van der Waals surface area contributed by atoms with Gasteiger partial charge in [-0.05, 0) is 52.9 Å². The van der Waals surface area contributed by atoms with Gasteiger partial charge in [0.15, 0.2) is 0 Å². The first-order chi connectivity index (χ1) is 11.7. The molecule has 1 aromatic carbocycles. The molecule has 3 aromatic rings. The van der Waals surface area contributed by atoms with E-state index in [1.165, 1.54) is 11.3 Å². The van der Waals surface area contributed by atoms with Gasteiger partial charge in [-0.3, -0.25) is 4.79 Å². The number of thiophene rings is 2. The summed E-state index contributed by atoms with van der Waals surface area (Å²) in [4.78, 5) is 15.2. The van der Waals surface area contributed by atoms with E-state index in [0.29, 0.717) is 12.1 Å². The van der Waals surface area contributed by atoms with E-state index in [0.717, 1.165) is 20.2 Å². The van der Waals surface area contributed by atoms with Crippen LogP contribution in [0.4, 0.5) is 0 Å². The second-order valence-corrected chi connectivity index (χ2v) is 7.97. The van der Waals surface area contributed by atoms with E-state index >= 15 is 0 Å². The lowest BCUT2D eigenvalue weighted by molar-refractivity contribution is 0.0948. The quantitative estimate of drug-likeness (QED) is 0.622. The van der Waals surface area contributed by atoms with Crippen molar-refractivity contribution in [2.24, 2.45) is 0 Å². The van der Waals surface area contributed by atoms with E-state index in [4.69, 9.17) is 0 Å². The smallest absolute Gasteiger partial charge is 0.252 e. The third-order valence-corrected chi connectivity index (χ3v) is 6.22. The van der Waals surface area contributed by atoms with Gasteiger partial charge in [-0.25, -0.2) is 0 Å². The van der Waals surface area contributed by atoms with Crippen LogP contribution in [0.5, 0.6) is 0 Å². The van der Waals surface area contributed by atoms with Crippen LogP contribution in [0, 0.1) is 0 Å². The number of aliphatic hydroxyl groups is 1. The van der Waals surface area contributed by atoms with Gasteiger partial charge >= 0.3 is 0 Å². The molecule has 0 fully saturated rings. The third-order valence-electron chi connectivity index (χ3n) is 3.59. The first kappa shape index (κ1) is 17.2. The van der Waals surface area contributed by atoms with Gasteiger partial charge in [0.05, 0.1) is 12.1 Å². The highest BCUT2D eigenvalue weighted by atomic mass is 32.2. The number of nitrogens with one attached hydrogen (secondary N) is 1. The van der Waals surface area contributed by atoms with Crippen molar-refractivity contribution in [1.82, 2.24) is 5.32 Å². The van der Waals surface area contributed by atoms with Gasteiger partial charge in [0.1, 0.15) is 6.10 Å². The zero-order valence-electron chi connectivity index (χ0n) is 13.1. The molecule has 2 N–H and O–H groups in total. The highest BCUT2D eigenvalue weighted by molar-refractivity contribution is 7.98. The third kappa shape index (κ3) is 3.89. The molecule has 1 amide bonds. The number of thioether (sulfide) groups is 1. The van der Waals surface area contributed by atoms with E-state index in [9.17, 15) is 9.90 Å². The van der Waals surface area contributed by atoms with Crippen LogP contribution in [0.25, 0.3) is 0 Å². The zero-order chi connectivity index (χ0) is 16.9. The number of rotatable bonds is 6. The first-order valence-electron chi connectivity index (χ1n) is 7.39. The summed E-state index contributed by atoms with van der Waals surface area (Å²) in [6, 6.07) is 13.4. The molecular weight excluding hydrogens is 358 g/mol. The fraction of sp³-hybridized carbons (Fsp3) is 0.167. The predicted octanol–water partition coefficient (Wildman–Crippen LogP) is 4.54. The summed E-state index contributed by atoms with van der Waals surface area (Å²) in [5.74, 6) is -0.0757. The second-order valence-electron chi connectivity index (χ2n) is 5.15. The Bertz CT molecular complexity index is 811. The van der Waals surface area contributed by atoms with Crippen LogP contribution in [0.15, 0.2) is 58.1 Å². The van der Waals surface area contributed by atoms with Gasteiger partial charge in [-0.2, -0.15) is 11.3 Å². The lowest BCUT2D eigenvalue weighted by atomic mass is 10.2. The van der Waals surface area contributed by atoms with Gasteiger partial charge in [-0.1, -0.05) is 12.1 Å². The average molecular weight is 376 g/mol. The van der Waals surface area contributed by atoms with E-state index in [1.807, 2.05) is 59.5 Å². The average Bonchev–Trinajstić information content (AvgIpc) is 3.30. The van der Waals surface area contributed by atoms with Crippen molar-refractivity contribution in [3.8, 4) is 0 Å². The molecule has 0 saturated carbocycles. The van der Waals surface area contributed by atoms with E-state index in [-0.39, 0.29) is 5.91 Å². The molecule has 1 unspecified atom stereocenters. The maximum absolute atomic E-state index is 12.4. The fourth-order valence-electron chi connectivity index (χ4n) is 2.33. The van der Waals surface area contributed by atoms with Crippen LogP contribution in [0.3, 0.4) is 0 Å². The normalized spacial score (nSPS) is 12.1. The molecule has 1 atom stereocenters. The van der Waals surface area contributed by atoms with Crippen molar-refractivity contribution >= 4 is 40.3 Å². The molecule has 0 aliphatic carbocycles. The van der Waals surface area contributed by atoms with E-state index in [2.05, 4.69) is 5.32 Å². The van der Waals surface area contributed by atoms with Gasteiger partial charge in [0.2, 0.25) is 0 Å². The summed E-state index contributed by atoms with van der Waals surface area (Å²) in [5, 5.41) is 17.2. The zero-order valence-corrected chi connectivity index (χ0v) is 15.5. The van der Waals surface area contributed by atoms with Gasteiger partial charge in [0, 0.05) is 14.6 Å². The molecule has 24 heavy (non-hydrogen) atoms. The molecule has 0 saturated heterocycles. The fourth-order valence-corrected chi connectivity index (χ4v) is 4.57. The topological polar surface area (TPSA) is 49.3 Å². The molecule has 0 spiro atoms. The van der Waals surface area contributed by atoms with Crippen LogP contribution in [-0.2, 0) is 6.54 Å². The lowest BCUT2D eigenvalue weighted by Crippen LogP contribution is -2.22. The number of carbonyl (C=O) groups excluding carboxylic acids is 1. The Hall–Kier alpha value is -1.60. The molecule has 6 heteroatoms. The van der Waals surface area contributed by atoms with E-state index in [1.54, 1.807) is 23.1 Å². The number of hydrogen-bond donors (Lipinski definition) is 2. The van der Waals surface area contributed by atoms with E-state index < -0.39 is 6.10 Å². The maximum atomic E-state index is 12.4. The number of amides is 1. The number of carbonyl (C=O) groups is 1. The Morgan fingerprint density at radius 3 is 2.83 bits per heavy atom. The molecule has 124 valence electrons. The Labute approximate surface area is 153 Å². The molecule has 3 nitrogen and oxygen atoms in total.